The number of para-hydroxylation sites is 1. The number of imide groups is 2. The number of nitrogens with one attached hydrogen (secondary N) is 2. The van der Waals surface area contributed by atoms with E-state index in [-0.39, 0.29) is 29.7 Å². The molecule has 1 saturated heterocycles. The van der Waals surface area contributed by atoms with Crippen molar-refractivity contribution in [2.45, 2.75) is 18.9 Å². The lowest BCUT2D eigenvalue weighted by Crippen LogP contribution is -2.54. The van der Waals surface area contributed by atoms with Gasteiger partial charge in [0.05, 0.1) is 16.8 Å². The number of fused-ring (bicyclic) bond motifs is 1. The summed E-state index contributed by atoms with van der Waals surface area (Å²) in [5, 5.41) is 4.60. The van der Waals surface area contributed by atoms with Crippen molar-refractivity contribution in [2.75, 3.05) is 5.32 Å². The van der Waals surface area contributed by atoms with E-state index in [1.807, 2.05) is 0 Å². The van der Waals surface area contributed by atoms with Crippen LogP contribution in [0.25, 0.3) is 0 Å². The molecule has 29 heavy (non-hydrogen) atoms. The summed E-state index contributed by atoms with van der Waals surface area (Å²) in [6.07, 6.45) is -0.753. The minimum absolute atomic E-state index is 0.0211. The van der Waals surface area contributed by atoms with Gasteiger partial charge in [-0.3, -0.25) is 34.7 Å². The molecule has 0 aliphatic carbocycles. The van der Waals surface area contributed by atoms with Gasteiger partial charge in [-0.05, 0) is 30.7 Å². The number of amides is 5. The van der Waals surface area contributed by atoms with E-state index in [2.05, 4.69) is 10.6 Å². The molecule has 2 aromatic carbocycles. The van der Waals surface area contributed by atoms with E-state index in [1.165, 1.54) is 18.2 Å². The van der Waals surface area contributed by atoms with Crippen LogP contribution < -0.4 is 15.4 Å². The fourth-order valence-electron chi connectivity index (χ4n) is 3.35. The van der Waals surface area contributed by atoms with E-state index in [1.54, 1.807) is 30.3 Å². The second kappa shape index (κ2) is 7.19. The quantitative estimate of drug-likeness (QED) is 0.766. The molecule has 2 N–H and O–H groups in total. The summed E-state index contributed by atoms with van der Waals surface area (Å²) in [4.78, 5) is 62.2. The smallest absolute Gasteiger partial charge is 0.410 e. The average molecular weight is 393 g/mol. The van der Waals surface area contributed by atoms with E-state index < -0.39 is 35.8 Å². The lowest BCUT2D eigenvalue weighted by molar-refractivity contribution is -0.136. The number of hydrogen-bond donors (Lipinski definition) is 2. The Morgan fingerprint density at radius 3 is 2.48 bits per heavy atom. The summed E-state index contributed by atoms with van der Waals surface area (Å²) in [6.45, 7) is 0. The summed E-state index contributed by atoms with van der Waals surface area (Å²) in [6, 6.07) is 11.7. The highest BCUT2D eigenvalue weighted by molar-refractivity contribution is 6.26. The number of hydrogen-bond acceptors (Lipinski definition) is 6. The van der Waals surface area contributed by atoms with Crippen molar-refractivity contribution in [3.05, 3.63) is 59.7 Å². The summed E-state index contributed by atoms with van der Waals surface area (Å²) >= 11 is 0. The van der Waals surface area contributed by atoms with Gasteiger partial charge in [0.15, 0.2) is 0 Å². The number of carbonyl (C=O) groups excluding carboxylic acids is 5. The Bertz CT molecular complexity index is 1050. The van der Waals surface area contributed by atoms with Crippen LogP contribution >= 0.6 is 0 Å². The molecule has 0 bridgehead atoms. The van der Waals surface area contributed by atoms with Crippen LogP contribution in [0, 0.1) is 0 Å². The monoisotopic (exact) mass is 393 g/mol. The third-order valence-corrected chi connectivity index (χ3v) is 4.66. The second-order valence-corrected chi connectivity index (χ2v) is 6.50. The van der Waals surface area contributed by atoms with Crippen LogP contribution in [0.5, 0.6) is 5.75 Å². The number of rotatable bonds is 3. The molecule has 0 saturated carbocycles. The molecule has 4 rings (SSSR count). The third-order valence-electron chi connectivity index (χ3n) is 4.66. The number of ether oxygens (including phenoxy) is 1. The van der Waals surface area contributed by atoms with Crippen LogP contribution in [0.15, 0.2) is 48.5 Å². The van der Waals surface area contributed by atoms with Gasteiger partial charge < -0.3 is 4.74 Å². The van der Waals surface area contributed by atoms with Gasteiger partial charge in [0, 0.05) is 6.42 Å². The molecule has 146 valence electrons. The maximum absolute atomic E-state index is 12.9. The molecule has 2 aromatic rings. The number of carbonyl (C=O) groups is 5. The van der Waals surface area contributed by atoms with Gasteiger partial charge in [0.2, 0.25) is 11.8 Å². The zero-order valence-electron chi connectivity index (χ0n) is 15.0. The van der Waals surface area contributed by atoms with Gasteiger partial charge in [-0.2, -0.15) is 0 Å². The van der Waals surface area contributed by atoms with E-state index in [9.17, 15) is 24.0 Å². The maximum Gasteiger partial charge on any atom is 0.417 e. The van der Waals surface area contributed by atoms with Crippen molar-refractivity contribution >= 4 is 35.4 Å². The number of benzene rings is 2. The van der Waals surface area contributed by atoms with E-state index in [0.29, 0.717) is 5.75 Å². The largest absolute Gasteiger partial charge is 0.417 e. The standard InChI is InChI=1S/C20H15N3O6/c24-15-10-9-14(17(25)22-15)23-18(26)12-7-4-8-13(16(12)19(23)27)21-20(28)29-11-5-2-1-3-6-11/h1-8,14H,9-10H2,(H,21,28)(H,22,24,25). The Labute approximate surface area is 164 Å². The summed E-state index contributed by atoms with van der Waals surface area (Å²) in [5.74, 6) is -2.21. The van der Waals surface area contributed by atoms with Crippen molar-refractivity contribution in [2.24, 2.45) is 0 Å². The van der Waals surface area contributed by atoms with Crippen LogP contribution in [0.2, 0.25) is 0 Å². The van der Waals surface area contributed by atoms with Crippen molar-refractivity contribution in [1.29, 1.82) is 0 Å². The van der Waals surface area contributed by atoms with Crippen LogP contribution in [-0.4, -0.2) is 40.7 Å². The van der Waals surface area contributed by atoms with Crippen LogP contribution in [-0.2, 0) is 9.59 Å². The van der Waals surface area contributed by atoms with Crippen LogP contribution in [0.1, 0.15) is 33.6 Å². The van der Waals surface area contributed by atoms with Crippen molar-refractivity contribution in [1.82, 2.24) is 10.2 Å². The third kappa shape index (κ3) is 3.33. The summed E-state index contributed by atoms with van der Waals surface area (Å²) < 4.78 is 5.15. The first-order valence-electron chi connectivity index (χ1n) is 8.84. The predicted octanol–water partition coefficient (Wildman–Crippen LogP) is 1.70. The lowest BCUT2D eigenvalue weighted by Gasteiger charge is -2.27. The van der Waals surface area contributed by atoms with E-state index >= 15 is 0 Å². The molecule has 0 spiro atoms. The second-order valence-electron chi connectivity index (χ2n) is 6.50. The number of piperidine rings is 1. The van der Waals surface area contributed by atoms with E-state index in [4.69, 9.17) is 4.74 Å². The zero-order chi connectivity index (χ0) is 20.5. The zero-order valence-corrected chi connectivity index (χ0v) is 15.0. The van der Waals surface area contributed by atoms with Crippen molar-refractivity contribution in [3.8, 4) is 5.75 Å². The molecule has 2 aliphatic heterocycles. The van der Waals surface area contributed by atoms with Crippen LogP contribution in [0.4, 0.5) is 10.5 Å². The lowest BCUT2D eigenvalue weighted by atomic mass is 10.0. The first kappa shape index (κ1) is 18.4. The highest BCUT2D eigenvalue weighted by Gasteiger charge is 2.45. The fraction of sp³-hybridized carbons (Fsp3) is 0.150. The summed E-state index contributed by atoms with van der Waals surface area (Å²) in [7, 11) is 0. The van der Waals surface area contributed by atoms with Gasteiger partial charge >= 0.3 is 6.09 Å². The van der Waals surface area contributed by atoms with E-state index in [0.717, 1.165) is 4.90 Å². The van der Waals surface area contributed by atoms with Gasteiger partial charge in [-0.25, -0.2) is 4.79 Å². The highest BCUT2D eigenvalue weighted by Crippen LogP contribution is 2.32. The first-order chi connectivity index (χ1) is 14.0. The van der Waals surface area contributed by atoms with Gasteiger partial charge in [-0.15, -0.1) is 0 Å². The normalized spacial score (nSPS) is 18.3. The molecule has 2 aliphatic rings. The molecule has 0 radical (unpaired) electrons. The minimum Gasteiger partial charge on any atom is -0.410 e. The topological polar surface area (TPSA) is 122 Å². The molecular formula is C20H15N3O6. The number of anilines is 1. The average Bonchev–Trinajstić information content (AvgIpc) is 2.94. The molecule has 2 heterocycles. The Balaban J connectivity index is 1.58. The Kier molecular flexibility index (Phi) is 4.55. The fourth-order valence-corrected chi connectivity index (χ4v) is 3.35. The molecule has 9 nitrogen and oxygen atoms in total. The van der Waals surface area contributed by atoms with Crippen molar-refractivity contribution in [3.63, 3.8) is 0 Å². The minimum atomic E-state index is -1.08. The molecular weight excluding hydrogens is 378 g/mol. The molecule has 0 aromatic heterocycles. The first-order valence-corrected chi connectivity index (χ1v) is 8.84. The van der Waals surface area contributed by atoms with Crippen LogP contribution in [0.3, 0.4) is 0 Å². The summed E-state index contributed by atoms with van der Waals surface area (Å²) in [5.41, 5.74) is 0.140. The Hall–Kier alpha value is -4.01. The van der Waals surface area contributed by atoms with Gasteiger partial charge in [-0.1, -0.05) is 24.3 Å². The molecule has 9 heteroatoms. The molecule has 1 fully saturated rings. The number of nitrogens with zero attached hydrogens (tertiary/aromatic N) is 1. The molecule has 1 unspecified atom stereocenters. The van der Waals surface area contributed by atoms with Gasteiger partial charge in [0.1, 0.15) is 11.8 Å². The predicted molar refractivity (Wildman–Crippen MR) is 99.2 cm³/mol. The van der Waals surface area contributed by atoms with Crippen molar-refractivity contribution < 1.29 is 28.7 Å². The maximum atomic E-state index is 12.9. The Morgan fingerprint density at radius 2 is 1.76 bits per heavy atom. The molecule has 5 amide bonds. The highest BCUT2D eigenvalue weighted by atomic mass is 16.6. The SMILES string of the molecule is O=C1CCC(N2C(=O)c3cccc(NC(=O)Oc4ccccc4)c3C2=O)C(=O)N1. The molecule has 1 atom stereocenters. The Morgan fingerprint density at radius 1 is 1.00 bits per heavy atom. The van der Waals surface area contributed by atoms with Gasteiger partial charge in [0.25, 0.3) is 11.8 Å².